The van der Waals surface area contributed by atoms with Crippen LogP contribution in [0.15, 0.2) is 17.5 Å². The zero-order chi connectivity index (χ0) is 15.8. The molecule has 2 unspecified atom stereocenters. The normalized spacial score (nSPS) is 31.5. The fraction of sp³-hybridized carbons (Fsp3) is 0.789. The second-order valence-corrected chi connectivity index (χ2v) is 9.36. The molecule has 1 aromatic rings. The summed E-state index contributed by atoms with van der Waals surface area (Å²) in [7, 11) is 0. The Morgan fingerprint density at radius 3 is 2.50 bits per heavy atom. The highest BCUT2D eigenvalue weighted by atomic mass is 32.1. The average Bonchev–Trinajstić information content (AvgIpc) is 3.06. The SMILES string of the molecule is CC1(C)CCCC(C)(C)N1OCC1CCCC1c1cccs1. The van der Waals surface area contributed by atoms with Crippen molar-refractivity contribution in [2.45, 2.75) is 83.2 Å². The first-order chi connectivity index (χ1) is 10.4. The van der Waals surface area contributed by atoms with Crippen molar-refractivity contribution in [3.05, 3.63) is 22.4 Å². The maximum absolute atomic E-state index is 6.46. The van der Waals surface area contributed by atoms with Gasteiger partial charge in [0.25, 0.3) is 0 Å². The highest BCUT2D eigenvalue weighted by Crippen LogP contribution is 2.43. The molecule has 3 heteroatoms. The molecule has 22 heavy (non-hydrogen) atoms. The Kier molecular flexibility index (Phi) is 4.69. The first-order valence-corrected chi connectivity index (χ1v) is 9.75. The van der Waals surface area contributed by atoms with Crippen LogP contribution in [0.1, 0.15) is 77.0 Å². The molecule has 2 atom stereocenters. The third-order valence-electron chi connectivity index (χ3n) is 5.66. The van der Waals surface area contributed by atoms with E-state index in [0.29, 0.717) is 5.92 Å². The molecular formula is C19H31NOS. The zero-order valence-electron chi connectivity index (χ0n) is 14.6. The van der Waals surface area contributed by atoms with Crippen LogP contribution in [0.25, 0.3) is 0 Å². The Morgan fingerprint density at radius 1 is 1.14 bits per heavy atom. The van der Waals surface area contributed by atoms with E-state index in [1.165, 1.54) is 38.5 Å². The highest BCUT2D eigenvalue weighted by molar-refractivity contribution is 7.10. The van der Waals surface area contributed by atoms with Gasteiger partial charge in [-0.2, -0.15) is 5.06 Å². The number of hydroxylamine groups is 2. The minimum atomic E-state index is 0.152. The van der Waals surface area contributed by atoms with Crippen LogP contribution in [0.2, 0.25) is 0 Å². The van der Waals surface area contributed by atoms with Crippen LogP contribution in [0.4, 0.5) is 0 Å². The summed E-state index contributed by atoms with van der Waals surface area (Å²) in [4.78, 5) is 8.02. The van der Waals surface area contributed by atoms with Crippen molar-refractivity contribution in [3.63, 3.8) is 0 Å². The Balaban J connectivity index is 1.65. The third-order valence-corrected chi connectivity index (χ3v) is 6.67. The van der Waals surface area contributed by atoms with Gasteiger partial charge in [-0.05, 0) is 83.1 Å². The maximum atomic E-state index is 6.46. The van der Waals surface area contributed by atoms with Crippen molar-refractivity contribution in [2.24, 2.45) is 5.92 Å². The summed E-state index contributed by atoms with van der Waals surface area (Å²) in [5.41, 5.74) is 0.303. The van der Waals surface area contributed by atoms with Crippen LogP contribution in [0.5, 0.6) is 0 Å². The van der Waals surface area contributed by atoms with Crippen LogP contribution >= 0.6 is 11.3 Å². The summed E-state index contributed by atoms with van der Waals surface area (Å²) >= 11 is 1.92. The smallest absolute Gasteiger partial charge is 0.0719 e. The largest absolute Gasteiger partial charge is 0.298 e. The lowest BCUT2D eigenvalue weighted by Crippen LogP contribution is -2.58. The molecule has 2 nitrogen and oxygen atoms in total. The summed E-state index contributed by atoms with van der Waals surface area (Å²) in [6.07, 6.45) is 7.77. The molecule has 3 rings (SSSR count). The van der Waals surface area contributed by atoms with Gasteiger partial charge in [0.05, 0.1) is 6.61 Å². The summed E-state index contributed by atoms with van der Waals surface area (Å²) in [6, 6.07) is 4.50. The maximum Gasteiger partial charge on any atom is 0.0719 e. The van der Waals surface area contributed by atoms with Gasteiger partial charge in [-0.1, -0.05) is 12.5 Å². The molecule has 0 aromatic carbocycles. The fourth-order valence-corrected chi connectivity index (χ4v) is 5.57. The quantitative estimate of drug-likeness (QED) is 0.715. The molecule has 1 saturated carbocycles. The van der Waals surface area contributed by atoms with E-state index in [9.17, 15) is 0 Å². The van der Waals surface area contributed by atoms with Crippen LogP contribution in [0, 0.1) is 5.92 Å². The van der Waals surface area contributed by atoms with Crippen LogP contribution in [0.3, 0.4) is 0 Å². The number of hydrogen-bond acceptors (Lipinski definition) is 3. The summed E-state index contributed by atoms with van der Waals surface area (Å²) in [5.74, 6) is 1.41. The summed E-state index contributed by atoms with van der Waals surface area (Å²) in [6.45, 7) is 10.2. The van der Waals surface area contributed by atoms with E-state index in [1.54, 1.807) is 4.88 Å². The van der Waals surface area contributed by atoms with Gasteiger partial charge in [0.2, 0.25) is 0 Å². The predicted octanol–water partition coefficient (Wildman–Crippen LogP) is 5.61. The molecule has 2 fully saturated rings. The van der Waals surface area contributed by atoms with Gasteiger partial charge in [0.1, 0.15) is 0 Å². The molecule has 2 heterocycles. The lowest BCUT2D eigenvalue weighted by molar-refractivity contribution is -0.286. The highest BCUT2D eigenvalue weighted by Gasteiger charge is 2.43. The minimum absolute atomic E-state index is 0.152. The molecular weight excluding hydrogens is 290 g/mol. The van der Waals surface area contributed by atoms with Gasteiger partial charge < -0.3 is 0 Å². The predicted molar refractivity (Wildman–Crippen MR) is 94.2 cm³/mol. The van der Waals surface area contributed by atoms with Gasteiger partial charge in [0.15, 0.2) is 0 Å². The van der Waals surface area contributed by atoms with E-state index in [4.69, 9.17) is 4.84 Å². The summed E-state index contributed by atoms with van der Waals surface area (Å²) < 4.78 is 0. The fourth-order valence-electron chi connectivity index (χ4n) is 4.61. The molecule has 124 valence electrons. The van der Waals surface area contributed by atoms with Crippen LogP contribution < -0.4 is 0 Å². The first-order valence-electron chi connectivity index (χ1n) is 8.87. The van der Waals surface area contributed by atoms with Crippen molar-refractivity contribution in [1.29, 1.82) is 0 Å². The van der Waals surface area contributed by atoms with Crippen LogP contribution in [-0.2, 0) is 4.84 Å². The number of rotatable bonds is 4. The topological polar surface area (TPSA) is 12.5 Å². The lowest BCUT2D eigenvalue weighted by Gasteiger charge is -2.51. The van der Waals surface area contributed by atoms with Crippen molar-refractivity contribution in [3.8, 4) is 0 Å². The van der Waals surface area contributed by atoms with E-state index in [0.717, 1.165) is 12.5 Å². The molecule has 0 bridgehead atoms. The average molecular weight is 322 g/mol. The minimum Gasteiger partial charge on any atom is -0.298 e. The molecule has 0 spiro atoms. The Hall–Kier alpha value is -0.380. The molecule has 1 aliphatic heterocycles. The molecule has 0 amide bonds. The number of thiophene rings is 1. The molecule has 0 radical (unpaired) electrons. The molecule has 1 saturated heterocycles. The Bertz CT molecular complexity index is 464. The third kappa shape index (κ3) is 3.27. The molecule has 0 N–H and O–H groups in total. The zero-order valence-corrected chi connectivity index (χ0v) is 15.4. The van der Waals surface area contributed by atoms with Crippen molar-refractivity contribution >= 4 is 11.3 Å². The molecule has 1 aromatic heterocycles. The van der Waals surface area contributed by atoms with Crippen molar-refractivity contribution in [2.75, 3.05) is 6.61 Å². The van der Waals surface area contributed by atoms with Crippen molar-refractivity contribution < 1.29 is 4.84 Å². The van der Waals surface area contributed by atoms with Gasteiger partial charge in [-0.15, -0.1) is 11.3 Å². The van der Waals surface area contributed by atoms with Crippen LogP contribution in [-0.4, -0.2) is 22.7 Å². The van der Waals surface area contributed by atoms with E-state index in [1.807, 2.05) is 11.3 Å². The van der Waals surface area contributed by atoms with E-state index in [2.05, 4.69) is 50.3 Å². The lowest BCUT2D eigenvalue weighted by atomic mass is 9.82. The monoisotopic (exact) mass is 321 g/mol. The first kappa shape index (κ1) is 16.5. The Labute approximate surface area is 139 Å². The molecule has 2 aliphatic rings. The second-order valence-electron chi connectivity index (χ2n) is 8.38. The van der Waals surface area contributed by atoms with E-state index >= 15 is 0 Å². The van der Waals surface area contributed by atoms with Gasteiger partial charge in [-0.25, -0.2) is 0 Å². The number of piperidine rings is 1. The van der Waals surface area contributed by atoms with Gasteiger partial charge in [-0.3, -0.25) is 4.84 Å². The van der Waals surface area contributed by atoms with E-state index < -0.39 is 0 Å². The number of hydrogen-bond donors (Lipinski definition) is 0. The van der Waals surface area contributed by atoms with E-state index in [-0.39, 0.29) is 11.1 Å². The Morgan fingerprint density at radius 2 is 1.86 bits per heavy atom. The molecule has 1 aliphatic carbocycles. The standard InChI is InChI=1S/C19H31NOS/c1-18(2)11-7-12-19(3,4)20(18)21-14-15-8-5-9-16(15)17-10-6-13-22-17/h6,10,13,15-16H,5,7-9,11-12,14H2,1-4H3. The van der Waals surface area contributed by atoms with Gasteiger partial charge in [0, 0.05) is 16.0 Å². The second kappa shape index (κ2) is 6.26. The van der Waals surface area contributed by atoms with Crippen molar-refractivity contribution in [1.82, 2.24) is 5.06 Å². The number of nitrogens with zero attached hydrogens (tertiary/aromatic N) is 1. The van der Waals surface area contributed by atoms with Gasteiger partial charge >= 0.3 is 0 Å². The summed E-state index contributed by atoms with van der Waals surface area (Å²) in [5, 5.41) is 4.54.